The summed E-state index contributed by atoms with van der Waals surface area (Å²) >= 11 is 0. The summed E-state index contributed by atoms with van der Waals surface area (Å²) in [5, 5.41) is 25.5. The fourth-order valence-electron chi connectivity index (χ4n) is 3.45. The third-order valence-electron chi connectivity index (χ3n) is 5.11. The molecular weight excluding hydrogens is 445 g/mol. The van der Waals surface area contributed by atoms with Crippen LogP contribution in [0.25, 0.3) is 5.69 Å². The molecule has 0 radical (unpaired) electrons. The highest BCUT2D eigenvalue weighted by atomic mass is 19.1. The van der Waals surface area contributed by atoms with E-state index >= 15 is 0 Å². The number of nitrogens with one attached hydrogen (secondary N) is 3. The monoisotopic (exact) mass is 471 g/mol. The van der Waals surface area contributed by atoms with Crippen molar-refractivity contribution in [2.45, 2.75) is 39.8 Å². The Bertz CT molecular complexity index is 1180. The van der Waals surface area contributed by atoms with E-state index in [1.165, 1.54) is 23.4 Å². The van der Waals surface area contributed by atoms with Gasteiger partial charge in [-0.15, -0.1) is 4.80 Å². The minimum absolute atomic E-state index is 0.00257. The number of nitrogens with two attached hydrogens (primary N) is 1. The summed E-state index contributed by atoms with van der Waals surface area (Å²) in [5.41, 5.74) is 6.97. The normalized spacial score (nSPS) is 12.8. The topological polar surface area (TPSA) is 173 Å². The zero-order chi connectivity index (χ0) is 25.0. The van der Waals surface area contributed by atoms with Gasteiger partial charge in [-0.1, -0.05) is 13.8 Å². The number of carbonyl (C=O) groups excluding carboxylic acids is 1. The molecule has 3 heterocycles. The first-order valence-corrected chi connectivity index (χ1v) is 10.4. The average Bonchev–Trinajstić information content (AvgIpc) is 3.28. The first-order chi connectivity index (χ1) is 16.1. The summed E-state index contributed by atoms with van der Waals surface area (Å²) < 4.78 is 14.9. The van der Waals surface area contributed by atoms with Gasteiger partial charge in [0.05, 0.1) is 35.5 Å². The van der Waals surface area contributed by atoms with Crippen molar-refractivity contribution in [2.75, 3.05) is 10.6 Å². The molecule has 2 atom stereocenters. The number of halogens is 1. The van der Waals surface area contributed by atoms with Crippen molar-refractivity contribution < 1.29 is 19.1 Å². The van der Waals surface area contributed by atoms with Crippen LogP contribution in [0.4, 0.5) is 26.5 Å². The Hall–Kier alpha value is -4.29. The van der Waals surface area contributed by atoms with Crippen LogP contribution < -0.4 is 21.7 Å². The van der Waals surface area contributed by atoms with E-state index in [2.05, 4.69) is 36.1 Å². The van der Waals surface area contributed by atoms with Crippen molar-refractivity contribution in [1.29, 1.82) is 0 Å². The summed E-state index contributed by atoms with van der Waals surface area (Å²) in [5.74, 6) is -1.94. The molecule has 13 heteroatoms. The van der Waals surface area contributed by atoms with E-state index in [1.807, 2.05) is 13.8 Å². The molecule has 3 aromatic heterocycles. The zero-order valence-electron chi connectivity index (χ0n) is 19.1. The third-order valence-corrected chi connectivity index (χ3v) is 5.11. The van der Waals surface area contributed by atoms with Gasteiger partial charge >= 0.3 is 6.09 Å². The van der Waals surface area contributed by atoms with Crippen molar-refractivity contribution in [1.82, 2.24) is 30.3 Å². The summed E-state index contributed by atoms with van der Waals surface area (Å²) in [6, 6.07) is 1.62. The van der Waals surface area contributed by atoms with Crippen molar-refractivity contribution >= 4 is 29.3 Å². The van der Waals surface area contributed by atoms with Gasteiger partial charge in [0, 0.05) is 12.1 Å². The van der Waals surface area contributed by atoms with Gasteiger partial charge in [-0.25, -0.2) is 14.2 Å². The number of hydrogen-bond donors (Lipinski definition) is 5. The standard InChI is InChI=1S/C21H26FN9O3/c1-10(2)17(12(4)27-21(33)34)29-20-15(22)8-14(18(23)32)19(30-20)28-13-7-16(11(3)24-9-13)31-25-5-6-26-31/h5-10,12,17,27H,1-4H3,(H2,23,32)(H,33,34)(H2,28,29,30)/t12-,17-/m0/s1. The lowest BCUT2D eigenvalue weighted by atomic mass is 9.97. The fourth-order valence-corrected chi connectivity index (χ4v) is 3.45. The maximum Gasteiger partial charge on any atom is 0.404 e. The molecule has 6 N–H and O–H groups in total. The smallest absolute Gasteiger partial charge is 0.404 e. The summed E-state index contributed by atoms with van der Waals surface area (Å²) in [6.07, 6.45) is 3.36. The van der Waals surface area contributed by atoms with Crippen molar-refractivity contribution in [3.63, 3.8) is 0 Å². The Labute approximate surface area is 194 Å². The highest BCUT2D eigenvalue weighted by molar-refractivity contribution is 5.98. The van der Waals surface area contributed by atoms with Gasteiger partial charge in [-0.3, -0.25) is 9.78 Å². The molecular formula is C21H26FN9O3. The molecule has 0 aliphatic carbocycles. The molecule has 0 unspecified atom stereocenters. The Kier molecular flexibility index (Phi) is 7.24. The number of rotatable bonds is 9. The number of nitrogens with zero attached hydrogens (tertiary/aromatic N) is 5. The van der Waals surface area contributed by atoms with Crippen LogP contribution in [0, 0.1) is 18.7 Å². The lowest BCUT2D eigenvalue weighted by Crippen LogP contribution is -2.47. The van der Waals surface area contributed by atoms with Crippen LogP contribution >= 0.6 is 0 Å². The lowest BCUT2D eigenvalue weighted by Gasteiger charge is -2.29. The van der Waals surface area contributed by atoms with E-state index in [-0.39, 0.29) is 23.1 Å². The first kappa shape index (κ1) is 24.4. The molecule has 0 bridgehead atoms. The van der Waals surface area contributed by atoms with E-state index in [1.54, 1.807) is 19.9 Å². The third kappa shape index (κ3) is 5.54. The Morgan fingerprint density at radius 3 is 2.41 bits per heavy atom. The predicted molar refractivity (Wildman–Crippen MR) is 123 cm³/mol. The Balaban J connectivity index is 1.98. The summed E-state index contributed by atoms with van der Waals surface area (Å²) in [6.45, 7) is 7.15. The molecule has 0 aromatic carbocycles. The van der Waals surface area contributed by atoms with Crippen molar-refractivity contribution in [3.8, 4) is 5.69 Å². The molecule has 180 valence electrons. The molecule has 2 amide bonds. The molecule has 0 saturated heterocycles. The van der Waals surface area contributed by atoms with Crippen molar-refractivity contribution in [3.05, 3.63) is 47.8 Å². The predicted octanol–water partition coefficient (Wildman–Crippen LogP) is 2.44. The summed E-state index contributed by atoms with van der Waals surface area (Å²) in [4.78, 5) is 33.0. The maximum atomic E-state index is 14.9. The molecule has 3 rings (SSSR count). The molecule has 0 aliphatic heterocycles. The van der Waals surface area contributed by atoms with E-state index in [9.17, 15) is 14.0 Å². The van der Waals surface area contributed by atoms with Gasteiger partial charge < -0.3 is 26.8 Å². The number of aromatic nitrogens is 5. The van der Waals surface area contributed by atoms with Gasteiger partial charge in [-0.05, 0) is 31.9 Å². The van der Waals surface area contributed by atoms with Crippen LogP contribution in [-0.4, -0.2) is 54.2 Å². The second-order valence-electron chi connectivity index (χ2n) is 8.00. The minimum Gasteiger partial charge on any atom is -0.465 e. The number of carboxylic acid groups (broad SMARTS) is 1. The molecule has 0 fully saturated rings. The number of amides is 2. The van der Waals surface area contributed by atoms with Gasteiger partial charge in [0.1, 0.15) is 11.5 Å². The Morgan fingerprint density at radius 2 is 1.82 bits per heavy atom. The van der Waals surface area contributed by atoms with Crippen LogP contribution in [-0.2, 0) is 0 Å². The molecule has 12 nitrogen and oxygen atoms in total. The maximum absolute atomic E-state index is 14.9. The molecule has 34 heavy (non-hydrogen) atoms. The first-order valence-electron chi connectivity index (χ1n) is 10.4. The molecule has 0 spiro atoms. The number of aryl methyl sites for hydroxylation is 1. The number of carbonyl (C=O) groups is 2. The molecule has 0 aliphatic rings. The van der Waals surface area contributed by atoms with Gasteiger partial charge in [-0.2, -0.15) is 10.2 Å². The second kappa shape index (κ2) is 10.1. The lowest BCUT2D eigenvalue weighted by molar-refractivity contribution is 0.1000. The van der Waals surface area contributed by atoms with E-state index in [4.69, 9.17) is 10.8 Å². The van der Waals surface area contributed by atoms with E-state index < -0.39 is 29.9 Å². The van der Waals surface area contributed by atoms with E-state index in [0.29, 0.717) is 17.1 Å². The highest BCUT2D eigenvalue weighted by Crippen LogP contribution is 2.26. The van der Waals surface area contributed by atoms with Crippen LogP contribution in [0.15, 0.2) is 30.7 Å². The number of hydrogen-bond acceptors (Lipinski definition) is 8. The Morgan fingerprint density at radius 1 is 1.15 bits per heavy atom. The SMILES string of the molecule is Cc1ncc(Nc2nc(N[C@@H](C(C)C)[C@H](C)NC(=O)O)c(F)cc2C(N)=O)cc1-n1nccn1. The van der Waals surface area contributed by atoms with Crippen LogP contribution in [0.3, 0.4) is 0 Å². The van der Waals surface area contributed by atoms with Gasteiger partial charge in [0.25, 0.3) is 5.91 Å². The van der Waals surface area contributed by atoms with E-state index in [0.717, 1.165) is 6.07 Å². The molecule has 0 saturated carbocycles. The molecule has 3 aromatic rings. The minimum atomic E-state index is -1.20. The van der Waals surface area contributed by atoms with Crippen molar-refractivity contribution in [2.24, 2.45) is 11.7 Å². The van der Waals surface area contributed by atoms with Crippen LogP contribution in [0.2, 0.25) is 0 Å². The van der Waals surface area contributed by atoms with Gasteiger partial charge in [0.15, 0.2) is 11.6 Å². The quantitative estimate of drug-likeness (QED) is 0.314. The average molecular weight is 471 g/mol. The highest BCUT2D eigenvalue weighted by Gasteiger charge is 2.25. The fraction of sp³-hybridized carbons (Fsp3) is 0.333. The van der Waals surface area contributed by atoms with Gasteiger partial charge in [0.2, 0.25) is 0 Å². The second-order valence-corrected chi connectivity index (χ2v) is 8.00. The number of pyridine rings is 2. The zero-order valence-corrected chi connectivity index (χ0v) is 19.1. The number of primary amides is 1. The summed E-state index contributed by atoms with van der Waals surface area (Å²) in [7, 11) is 0. The van der Waals surface area contributed by atoms with Crippen LogP contribution in [0.5, 0.6) is 0 Å². The largest absolute Gasteiger partial charge is 0.465 e. The number of anilines is 3. The van der Waals surface area contributed by atoms with Crippen LogP contribution in [0.1, 0.15) is 36.8 Å².